The SMILES string of the molecule is Cc1cccn2c(CC#N)c(-c3ccc(Cl)cc3Cl)nc12. The number of nitriles is 1. The molecule has 0 bridgehead atoms. The molecule has 21 heavy (non-hydrogen) atoms. The monoisotopic (exact) mass is 315 g/mol. The largest absolute Gasteiger partial charge is 0.302 e. The van der Waals surface area contributed by atoms with Gasteiger partial charge in [-0.15, -0.1) is 0 Å². The summed E-state index contributed by atoms with van der Waals surface area (Å²) in [5.74, 6) is 0. The Morgan fingerprint density at radius 2 is 2.10 bits per heavy atom. The number of aryl methyl sites for hydroxylation is 1. The Balaban J connectivity index is 2.34. The van der Waals surface area contributed by atoms with Crippen LogP contribution in [0, 0.1) is 18.3 Å². The van der Waals surface area contributed by atoms with Crippen LogP contribution in [0.15, 0.2) is 36.5 Å². The van der Waals surface area contributed by atoms with Gasteiger partial charge in [0.1, 0.15) is 5.65 Å². The molecule has 0 aliphatic rings. The molecule has 104 valence electrons. The van der Waals surface area contributed by atoms with E-state index in [0.717, 1.165) is 28.2 Å². The highest BCUT2D eigenvalue weighted by Gasteiger charge is 2.17. The highest BCUT2D eigenvalue weighted by molar-refractivity contribution is 6.36. The van der Waals surface area contributed by atoms with E-state index in [1.54, 1.807) is 12.1 Å². The normalized spacial score (nSPS) is 10.8. The summed E-state index contributed by atoms with van der Waals surface area (Å²) in [6, 6.07) is 11.4. The molecule has 0 aliphatic carbocycles. The first-order valence-electron chi connectivity index (χ1n) is 6.40. The zero-order valence-electron chi connectivity index (χ0n) is 11.3. The number of aromatic nitrogens is 2. The molecule has 0 atom stereocenters. The molecular formula is C16H11Cl2N3. The van der Waals surface area contributed by atoms with Crippen molar-refractivity contribution in [2.45, 2.75) is 13.3 Å². The average molecular weight is 316 g/mol. The summed E-state index contributed by atoms with van der Waals surface area (Å²) in [6.07, 6.45) is 2.17. The van der Waals surface area contributed by atoms with Crippen molar-refractivity contribution in [2.75, 3.05) is 0 Å². The summed E-state index contributed by atoms with van der Waals surface area (Å²) in [5.41, 5.74) is 4.24. The van der Waals surface area contributed by atoms with Gasteiger partial charge in [-0.2, -0.15) is 5.26 Å². The Morgan fingerprint density at radius 3 is 2.81 bits per heavy atom. The fraction of sp³-hybridized carbons (Fsp3) is 0.125. The molecule has 3 nitrogen and oxygen atoms in total. The second-order valence-corrected chi connectivity index (χ2v) is 5.59. The van der Waals surface area contributed by atoms with Crippen molar-refractivity contribution in [3.05, 3.63) is 57.8 Å². The third-order valence-electron chi connectivity index (χ3n) is 3.38. The van der Waals surface area contributed by atoms with Gasteiger partial charge in [0.15, 0.2) is 0 Å². The van der Waals surface area contributed by atoms with Gasteiger partial charge in [0.25, 0.3) is 0 Å². The van der Waals surface area contributed by atoms with Crippen molar-refractivity contribution in [2.24, 2.45) is 0 Å². The minimum atomic E-state index is 0.263. The number of nitrogens with zero attached hydrogens (tertiary/aromatic N) is 3. The lowest BCUT2D eigenvalue weighted by Gasteiger charge is -2.04. The van der Waals surface area contributed by atoms with Gasteiger partial charge >= 0.3 is 0 Å². The van der Waals surface area contributed by atoms with Crippen molar-refractivity contribution >= 4 is 28.8 Å². The van der Waals surface area contributed by atoms with Gasteiger partial charge in [0, 0.05) is 16.8 Å². The molecule has 0 aliphatic heterocycles. The van der Waals surface area contributed by atoms with Gasteiger partial charge in [-0.05, 0) is 36.8 Å². The van der Waals surface area contributed by atoms with Gasteiger partial charge in [0.2, 0.25) is 0 Å². The quantitative estimate of drug-likeness (QED) is 0.688. The molecule has 3 aromatic rings. The molecule has 0 N–H and O–H groups in total. The maximum atomic E-state index is 9.11. The predicted octanol–water partition coefficient (Wildman–Crippen LogP) is 4.68. The molecule has 0 fully saturated rings. The van der Waals surface area contributed by atoms with E-state index in [2.05, 4.69) is 11.1 Å². The highest BCUT2D eigenvalue weighted by Crippen LogP contribution is 2.33. The molecule has 0 spiro atoms. The van der Waals surface area contributed by atoms with Crippen LogP contribution < -0.4 is 0 Å². The smallest absolute Gasteiger partial charge is 0.140 e. The van der Waals surface area contributed by atoms with E-state index in [9.17, 15) is 0 Å². The van der Waals surface area contributed by atoms with Crippen molar-refractivity contribution < 1.29 is 0 Å². The molecule has 0 radical (unpaired) electrons. The van der Waals surface area contributed by atoms with Crippen LogP contribution in [0.2, 0.25) is 10.0 Å². The van der Waals surface area contributed by atoms with E-state index < -0.39 is 0 Å². The topological polar surface area (TPSA) is 41.1 Å². The number of pyridine rings is 1. The maximum Gasteiger partial charge on any atom is 0.140 e. The molecule has 3 rings (SSSR count). The second-order valence-electron chi connectivity index (χ2n) is 4.75. The van der Waals surface area contributed by atoms with E-state index in [0.29, 0.717) is 10.0 Å². The van der Waals surface area contributed by atoms with Crippen LogP contribution in [0.5, 0.6) is 0 Å². The summed E-state index contributed by atoms with van der Waals surface area (Å²) in [6.45, 7) is 1.99. The van der Waals surface area contributed by atoms with E-state index >= 15 is 0 Å². The van der Waals surface area contributed by atoms with Gasteiger partial charge in [-0.25, -0.2) is 4.98 Å². The van der Waals surface area contributed by atoms with Gasteiger partial charge < -0.3 is 4.40 Å². The van der Waals surface area contributed by atoms with E-state index in [1.165, 1.54) is 0 Å². The number of rotatable bonds is 2. The molecule has 0 amide bonds. The standard InChI is InChI=1S/C16H11Cl2N3/c1-10-3-2-8-21-14(6-7-19)15(20-16(10)21)12-5-4-11(17)9-13(12)18/h2-5,8-9H,6H2,1H3. The van der Waals surface area contributed by atoms with Crippen molar-refractivity contribution in [3.8, 4) is 17.3 Å². The van der Waals surface area contributed by atoms with Crippen LogP contribution in [0.3, 0.4) is 0 Å². The van der Waals surface area contributed by atoms with Gasteiger partial charge in [-0.3, -0.25) is 0 Å². The minimum Gasteiger partial charge on any atom is -0.302 e. The fourth-order valence-corrected chi connectivity index (χ4v) is 2.89. The summed E-state index contributed by atoms with van der Waals surface area (Å²) in [5, 5.41) is 10.2. The zero-order valence-corrected chi connectivity index (χ0v) is 12.8. The second kappa shape index (κ2) is 5.40. The minimum absolute atomic E-state index is 0.263. The number of imidazole rings is 1. The highest BCUT2D eigenvalue weighted by atomic mass is 35.5. The van der Waals surface area contributed by atoms with E-state index in [-0.39, 0.29) is 6.42 Å². The Bertz CT molecular complexity index is 875. The number of benzene rings is 1. The van der Waals surface area contributed by atoms with Crippen LogP contribution in [0.4, 0.5) is 0 Å². The van der Waals surface area contributed by atoms with Crippen molar-refractivity contribution in [3.63, 3.8) is 0 Å². The summed E-state index contributed by atoms with van der Waals surface area (Å²) < 4.78 is 1.94. The molecule has 2 heterocycles. The van der Waals surface area contributed by atoms with Crippen LogP contribution >= 0.6 is 23.2 Å². The number of hydrogen-bond acceptors (Lipinski definition) is 2. The zero-order chi connectivity index (χ0) is 15.0. The van der Waals surface area contributed by atoms with Crippen LogP contribution in [-0.4, -0.2) is 9.38 Å². The molecule has 0 unspecified atom stereocenters. The van der Waals surface area contributed by atoms with Gasteiger partial charge in [0.05, 0.1) is 28.9 Å². The third kappa shape index (κ3) is 2.37. The predicted molar refractivity (Wildman–Crippen MR) is 84.7 cm³/mol. The Morgan fingerprint density at radius 1 is 1.29 bits per heavy atom. The molecule has 2 aromatic heterocycles. The average Bonchev–Trinajstić information content (AvgIpc) is 2.80. The first-order valence-corrected chi connectivity index (χ1v) is 7.16. The van der Waals surface area contributed by atoms with Crippen LogP contribution in [-0.2, 0) is 6.42 Å². The van der Waals surface area contributed by atoms with E-state index in [4.69, 9.17) is 28.5 Å². The van der Waals surface area contributed by atoms with Crippen molar-refractivity contribution in [1.82, 2.24) is 9.38 Å². The summed E-state index contributed by atoms with van der Waals surface area (Å²) >= 11 is 12.2. The molecule has 1 aromatic carbocycles. The summed E-state index contributed by atoms with van der Waals surface area (Å²) in [7, 11) is 0. The maximum absolute atomic E-state index is 9.11. The van der Waals surface area contributed by atoms with Crippen molar-refractivity contribution in [1.29, 1.82) is 5.26 Å². The number of hydrogen-bond donors (Lipinski definition) is 0. The third-order valence-corrected chi connectivity index (χ3v) is 3.92. The lowest BCUT2D eigenvalue weighted by Crippen LogP contribution is -1.94. The summed E-state index contributed by atoms with van der Waals surface area (Å²) in [4.78, 5) is 4.68. The lowest BCUT2D eigenvalue weighted by molar-refractivity contribution is 1.05. The number of fused-ring (bicyclic) bond motifs is 1. The first-order chi connectivity index (χ1) is 10.1. The van der Waals surface area contributed by atoms with Crippen LogP contribution in [0.1, 0.15) is 11.3 Å². The Hall–Kier alpha value is -2.02. The first kappa shape index (κ1) is 13.9. The lowest BCUT2D eigenvalue weighted by atomic mass is 10.1. The molecule has 0 saturated carbocycles. The fourth-order valence-electron chi connectivity index (χ4n) is 2.39. The van der Waals surface area contributed by atoms with Crippen LogP contribution in [0.25, 0.3) is 16.9 Å². The van der Waals surface area contributed by atoms with E-state index in [1.807, 2.05) is 35.7 Å². The molecular weight excluding hydrogens is 305 g/mol. The molecule has 5 heteroatoms. The number of halogens is 2. The van der Waals surface area contributed by atoms with Gasteiger partial charge in [-0.1, -0.05) is 29.3 Å². The Labute approximate surface area is 132 Å². The molecule has 0 saturated heterocycles. The Kier molecular flexibility index (Phi) is 3.59.